The SMILES string of the molecule is CCc1nn(C)c(CC(NN)c2ccc(I)cc2)c1Cl. The predicted molar refractivity (Wildman–Crippen MR) is 90.5 cm³/mol. The van der Waals surface area contributed by atoms with E-state index in [9.17, 15) is 0 Å². The number of halogens is 2. The van der Waals surface area contributed by atoms with Crippen LogP contribution in [0.5, 0.6) is 0 Å². The molecule has 1 aromatic carbocycles. The van der Waals surface area contributed by atoms with Gasteiger partial charge in [0.15, 0.2) is 0 Å². The first-order valence-electron chi connectivity index (χ1n) is 6.48. The third kappa shape index (κ3) is 3.33. The highest BCUT2D eigenvalue weighted by Gasteiger charge is 2.18. The minimum absolute atomic E-state index is 0.0182. The number of hydrazine groups is 1. The van der Waals surface area contributed by atoms with E-state index in [4.69, 9.17) is 17.4 Å². The van der Waals surface area contributed by atoms with Crippen LogP contribution in [0, 0.1) is 3.57 Å². The third-order valence-electron chi connectivity index (χ3n) is 3.37. The van der Waals surface area contributed by atoms with E-state index in [0.29, 0.717) is 6.42 Å². The van der Waals surface area contributed by atoms with E-state index in [1.807, 2.05) is 11.7 Å². The first-order chi connectivity index (χ1) is 9.56. The molecule has 0 amide bonds. The number of aromatic nitrogens is 2. The van der Waals surface area contributed by atoms with Gasteiger partial charge in [0.2, 0.25) is 0 Å². The highest BCUT2D eigenvalue weighted by molar-refractivity contribution is 14.1. The molecule has 20 heavy (non-hydrogen) atoms. The number of hydrogen-bond donors (Lipinski definition) is 2. The molecule has 0 aliphatic rings. The Balaban J connectivity index is 2.26. The minimum atomic E-state index is 0.0182. The summed E-state index contributed by atoms with van der Waals surface area (Å²) in [6.45, 7) is 2.05. The van der Waals surface area contributed by atoms with Gasteiger partial charge in [0.05, 0.1) is 22.5 Å². The Morgan fingerprint density at radius 1 is 1.40 bits per heavy atom. The van der Waals surface area contributed by atoms with Crippen LogP contribution in [0.4, 0.5) is 0 Å². The fourth-order valence-corrected chi connectivity index (χ4v) is 2.93. The number of benzene rings is 1. The zero-order valence-electron chi connectivity index (χ0n) is 11.5. The Morgan fingerprint density at radius 3 is 2.55 bits per heavy atom. The largest absolute Gasteiger partial charge is 0.271 e. The Bertz CT molecular complexity index is 580. The molecule has 108 valence electrons. The van der Waals surface area contributed by atoms with Gasteiger partial charge in [-0.25, -0.2) is 0 Å². The summed E-state index contributed by atoms with van der Waals surface area (Å²) in [5, 5.41) is 5.19. The van der Waals surface area contributed by atoms with Crippen LogP contribution in [0.1, 0.15) is 29.9 Å². The molecule has 3 N–H and O–H groups in total. The van der Waals surface area contributed by atoms with Gasteiger partial charge in [-0.15, -0.1) is 0 Å². The molecule has 1 aromatic heterocycles. The van der Waals surface area contributed by atoms with Crippen molar-refractivity contribution >= 4 is 34.2 Å². The highest BCUT2D eigenvalue weighted by Crippen LogP contribution is 2.26. The number of nitrogens with zero attached hydrogens (tertiary/aromatic N) is 2. The van der Waals surface area contributed by atoms with Crippen molar-refractivity contribution in [3.8, 4) is 0 Å². The van der Waals surface area contributed by atoms with Crippen LogP contribution in [-0.2, 0) is 19.9 Å². The number of nitrogens with two attached hydrogens (primary N) is 1. The van der Waals surface area contributed by atoms with E-state index in [0.717, 1.165) is 28.4 Å². The van der Waals surface area contributed by atoms with Gasteiger partial charge < -0.3 is 0 Å². The van der Waals surface area contributed by atoms with Crippen molar-refractivity contribution in [3.05, 3.63) is 49.8 Å². The van der Waals surface area contributed by atoms with Crippen LogP contribution in [-0.4, -0.2) is 9.78 Å². The van der Waals surface area contributed by atoms with Crippen LogP contribution >= 0.6 is 34.2 Å². The molecular weight excluding hydrogens is 387 g/mol. The van der Waals surface area contributed by atoms with Gasteiger partial charge in [0, 0.05) is 17.0 Å². The molecule has 0 bridgehead atoms. The lowest BCUT2D eigenvalue weighted by Crippen LogP contribution is -2.30. The number of nitrogens with one attached hydrogen (secondary N) is 1. The maximum atomic E-state index is 6.39. The molecule has 0 saturated heterocycles. The molecular formula is C14H18ClIN4. The summed E-state index contributed by atoms with van der Waals surface area (Å²) in [5.41, 5.74) is 5.95. The molecule has 2 rings (SSSR count). The van der Waals surface area contributed by atoms with Gasteiger partial charge in [0.25, 0.3) is 0 Å². The first kappa shape index (κ1) is 15.8. The summed E-state index contributed by atoms with van der Waals surface area (Å²) in [7, 11) is 1.92. The third-order valence-corrected chi connectivity index (χ3v) is 4.53. The molecule has 1 heterocycles. The molecule has 1 unspecified atom stereocenters. The van der Waals surface area contributed by atoms with Crippen molar-refractivity contribution in [2.45, 2.75) is 25.8 Å². The Labute approximate surface area is 137 Å². The fraction of sp³-hybridized carbons (Fsp3) is 0.357. The van der Waals surface area contributed by atoms with Crippen molar-refractivity contribution in [2.24, 2.45) is 12.9 Å². The Morgan fingerprint density at radius 2 is 2.05 bits per heavy atom. The van der Waals surface area contributed by atoms with E-state index < -0.39 is 0 Å². The van der Waals surface area contributed by atoms with Gasteiger partial charge in [-0.1, -0.05) is 30.7 Å². The molecule has 0 radical (unpaired) electrons. The van der Waals surface area contributed by atoms with Crippen LogP contribution in [0.3, 0.4) is 0 Å². The lowest BCUT2D eigenvalue weighted by atomic mass is 10.0. The average Bonchev–Trinajstić information content (AvgIpc) is 2.72. The summed E-state index contributed by atoms with van der Waals surface area (Å²) in [6.07, 6.45) is 1.54. The van der Waals surface area contributed by atoms with E-state index in [1.165, 1.54) is 3.57 Å². The second-order valence-electron chi connectivity index (χ2n) is 4.66. The average molecular weight is 405 g/mol. The van der Waals surface area contributed by atoms with Gasteiger partial charge in [-0.2, -0.15) is 5.10 Å². The smallest absolute Gasteiger partial charge is 0.0850 e. The van der Waals surface area contributed by atoms with Gasteiger partial charge in [-0.3, -0.25) is 16.0 Å². The van der Waals surface area contributed by atoms with Crippen LogP contribution in [0.25, 0.3) is 0 Å². The number of rotatable bonds is 5. The predicted octanol–water partition coefficient (Wildman–Crippen LogP) is 2.99. The topological polar surface area (TPSA) is 55.9 Å². The summed E-state index contributed by atoms with van der Waals surface area (Å²) >= 11 is 8.68. The van der Waals surface area contributed by atoms with Crippen molar-refractivity contribution in [3.63, 3.8) is 0 Å². The summed E-state index contributed by atoms with van der Waals surface area (Å²) in [4.78, 5) is 0. The zero-order chi connectivity index (χ0) is 14.7. The summed E-state index contributed by atoms with van der Waals surface area (Å²) in [6, 6.07) is 8.32. The molecule has 4 nitrogen and oxygen atoms in total. The van der Waals surface area contributed by atoms with Crippen molar-refractivity contribution in [1.29, 1.82) is 0 Å². The van der Waals surface area contributed by atoms with Gasteiger partial charge in [-0.05, 0) is 46.7 Å². The van der Waals surface area contributed by atoms with Crippen LogP contribution in [0.2, 0.25) is 5.02 Å². The minimum Gasteiger partial charge on any atom is -0.271 e. The molecule has 0 saturated carbocycles. The van der Waals surface area contributed by atoms with E-state index >= 15 is 0 Å². The molecule has 0 spiro atoms. The lowest BCUT2D eigenvalue weighted by Gasteiger charge is -2.17. The maximum absolute atomic E-state index is 6.39. The fourth-order valence-electron chi connectivity index (χ4n) is 2.20. The molecule has 0 aliphatic heterocycles. The van der Waals surface area contributed by atoms with Crippen molar-refractivity contribution < 1.29 is 0 Å². The number of aryl methyl sites for hydroxylation is 2. The Kier molecular flexibility index (Phi) is 5.42. The quantitative estimate of drug-likeness (QED) is 0.458. The van der Waals surface area contributed by atoms with E-state index in [1.54, 1.807) is 0 Å². The summed E-state index contributed by atoms with van der Waals surface area (Å²) in [5.74, 6) is 5.71. The van der Waals surface area contributed by atoms with Gasteiger partial charge >= 0.3 is 0 Å². The van der Waals surface area contributed by atoms with E-state index in [2.05, 4.69) is 64.3 Å². The summed E-state index contributed by atoms with van der Waals surface area (Å²) < 4.78 is 3.05. The van der Waals surface area contributed by atoms with Crippen molar-refractivity contribution in [1.82, 2.24) is 15.2 Å². The lowest BCUT2D eigenvalue weighted by molar-refractivity contribution is 0.530. The van der Waals surface area contributed by atoms with Crippen molar-refractivity contribution in [2.75, 3.05) is 0 Å². The second kappa shape index (κ2) is 6.89. The van der Waals surface area contributed by atoms with Crippen LogP contribution in [0.15, 0.2) is 24.3 Å². The van der Waals surface area contributed by atoms with E-state index in [-0.39, 0.29) is 6.04 Å². The molecule has 0 aliphatic carbocycles. The monoisotopic (exact) mass is 404 g/mol. The zero-order valence-corrected chi connectivity index (χ0v) is 14.4. The second-order valence-corrected chi connectivity index (χ2v) is 6.28. The normalized spacial score (nSPS) is 12.7. The standard InChI is InChI=1S/C14H18ClIN4/c1-3-11-14(15)13(20(2)19-11)8-12(18-17)9-4-6-10(16)7-5-9/h4-7,12,18H,3,8,17H2,1-2H3. The number of hydrogen-bond acceptors (Lipinski definition) is 3. The molecule has 0 fully saturated rings. The molecule has 2 aromatic rings. The maximum Gasteiger partial charge on any atom is 0.0850 e. The molecule has 6 heteroatoms. The Hall–Kier alpha value is -0.630. The van der Waals surface area contributed by atoms with Gasteiger partial charge in [0.1, 0.15) is 0 Å². The van der Waals surface area contributed by atoms with Crippen LogP contribution < -0.4 is 11.3 Å². The molecule has 1 atom stereocenters. The highest BCUT2D eigenvalue weighted by atomic mass is 127. The first-order valence-corrected chi connectivity index (χ1v) is 7.94.